The highest BCUT2D eigenvalue weighted by molar-refractivity contribution is 6.34. The van der Waals surface area contributed by atoms with Gasteiger partial charge in [-0.15, -0.1) is 11.6 Å². The number of hydrogen-bond acceptors (Lipinski definition) is 4. The van der Waals surface area contributed by atoms with E-state index in [1.54, 1.807) is 19.1 Å². The summed E-state index contributed by atoms with van der Waals surface area (Å²) >= 11 is 11.9. The Morgan fingerprint density at radius 1 is 1.17 bits per heavy atom. The number of unbranched alkanes of at least 4 members (excludes halogenated alkanes) is 3. The maximum atomic E-state index is 11.7. The third-order valence-electron chi connectivity index (χ3n) is 3.44. The summed E-state index contributed by atoms with van der Waals surface area (Å²) in [6.07, 6.45) is 3.95. The van der Waals surface area contributed by atoms with Gasteiger partial charge >= 0.3 is 5.97 Å². The molecule has 0 unspecified atom stereocenters. The first-order valence-electron chi connectivity index (χ1n) is 7.87. The molecule has 0 amide bonds. The van der Waals surface area contributed by atoms with Gasteiger partial charge in [-0.3, -0.25) is 4.79 Å². The van der Waals surface area contributed by atoms with Crippen LogP contribution in [-0.4, -0.2) is 35.8 Å². The molecule has 23 heavy (non-hydrogen) atoms. The summed E-state index contributed by atoms with van der Waals surface area (Å²) in [5.74, 6) is 0.256. The van der Waals surface area contributed by atoms with E-state index in [1.807, 2.05) is 12.1 Å². The van der Waals surface area contributed by atoms with Gasteiger partial charge in [0.15, 0.2) is 4.87 Å². The molecule has 0 saturated carbocycles. The van der Waals surface area contributed by atoms with Crippen LogP contribution in [0.2, 0.25) is 5.02 Å². The third-order valence-corrected chi connectivity index (χ3v) is 4.16. The number of ether oxygens (including phenoxy) is 2. The molecule has 0 fully saturated rings. The Hall–Kier alpha value is -0.970. The van der Waals surface area contributed by atoms with Crippen molar-refractivity contribution in [1.29, 1.82) is 0 Å². The van der Waals surface area contributed by atoms with Crippen LogP contribution in [0.1, 0.15) is 39.0 Å². The van der Waals surface area contributed by atoms with Crippen molar-refractivity contribution in [3.63, 3.8) is 0 Å². The summed E-state index contributed by atoms with van der Waals surface area (Å²) in [5, 5.41) is 9.99. The van der Waals surface area contributed by atoms with E-state index in [0.717, 1.165) is 31.4 Å². The molecule has 0 aliphatic heterocycles. The smallest absolute Gasteiger partial charge is 0.329 e. The number of alkyl halides is 1. The van der Waals surface area contributed by atoms with Gasteiger partial charge in [-0.1, -0.05) is 30.9 Å². The molecule has 4 nitrogen and oxygen atoms in total. The lowest BCUT2D eigenvalue weighted by molar-refractivity contribution is -0.147. The van der Waals surface area contributed by atoms with Gasteiger partial charge in [0.2, 0.25) is 0 Å². The van der Waals surface area contributed by atoms with E-state index in [1.165, 1.54) is 0 Å². The van der Waals surface area contributed by atoms with Gasteiger partial charge in [0.05, 0.1) is 19.8 Å². The predicted octanol–water partition coefficient (Wildman–Crippen LogP) is 4.20. The van der Waals surface area contributed by atoms with Gasteiger partial charge in [-0.25, -0.2) is 0 Å². The van der Waals surface area contributed by atoms with Gasteiger partial charge in [-0.05, 0) is 44.0 Å². The summed E-state index contributed by atoms with van der Waals surface area (Å²) in [6, 6.07) is 7.26. The van der Waals surface area contributed by atoms with Gasteiger partial charge in [-0.2, -0.15) is 0 Å². The number of benzene rings is 1. The van der Waals surface area contributed by atoms with Crippen molar-refractivity contribution in [3.05, 3.63) is 29.3 Å². The molecular weight excluding hydrogens is 339 g/mol. The van der Waals surface area contributed by atoms with Crippen LogP contribution in [0.4, 0.5) is 0 Å². The second-order valence-electron chi connectivity index (χ2n) is 5.31. The zero-order valence-electron chi connectivity index (χ0n) is 13.4. The molecule has 1 atom stereocenters. The molecule has 0 heterocycles. The molecular formula is C17H24Cl2O4. The highest BCUT2D eigenvalue weighted by atomic mass is 35.5. The molecule has 0 aliphatic rings. The fourth-order valence-corrected chi connectivity index (χ4v) is 2.40. The first-order valence-corrected chi connectivity index (χ1v) is 8.63. The van der Waals surface area contributed by atoms with Crippen molar-refractivity contribution in [2.24, 2.45) is 0 Å². The van der Waals surface area contributed by atoms with Crippen LogP contribution < -0.4 is 4.74 Å². The van der Waals surface area contributed by atoms with E-state index >= 15 is 0 Å². The largest absolute Gasteiger partial charge is 0.494 e. The third kappa shape index (κ3) is 7.42. The Morgan fingerprint density at radius 3 is 2.43 bits per heavy atom. The Morgan fingerprint density at radius 2 is 1.83 bits per heavy atom. The minimum absolute atomic E-state index is 0.259. The monoisotopic (exact) mass is 362 g/mol. The maximum Gasteiger partial charge on any atom is 0.329 e. The number of aliphatic hydroxyl groups is 1. The quantitative estimate of drug-likeness (QED) is 0.364. The second-order valence-corrected chi connectivity index (χ2v) is 6.47. The Labute approximate surface area is 147 Å². The molecule has 0 aliphatic carbocycles. The van der Waals surface area contributed by atoms with Gasteiger partial charge < -0.3 is 14.6 Å². The molecule has 130 valence electrons. The minimum Gasteiger partial charge on any atom is -0.494 e. The fraction of sp³-hybridized carbons (Fsp3) is 0.588. The number of halogens is 2. The van der Waals surface area contributed by atoms with E-state index in [9.17, 15) is 9.90 Å². The topological polar surface area (TPSA) is 55.8 Å². The van der Waals surface area contributed by atoms with E-state index < -0.39 is 17.5 Å². The highest BCUT2D eigenvalue weighted by Crippen LogP contribution is 2.25. The molecule has 6 heteroatoms. The van der Waals surface area contributed by atoms with E-state index in [0.29, 0.717) is 18.1 Å². The first kappa shape index (κ1) is 20.1. The molecule has 1 aromatic carbocycles. The fourth-order valence-electron chi connectivity index (χ4n) is 2.09. The molecule has 0 spiro atoms. The van der Waals surface area contributed by atoms with Crippen LogP contribution in [0.25, 0.3) is 0 Å². The standard InChI is InChI=1S/C17H24Cl2O4/c1-2-22-16(21)17(19,13-20)11-5-3-4-6-12-23-15-9-7-14(18)8-10-15/h7-10,20H,2-6,11-13H2,1H3/t17-/m0/s1. The lowest BCUT2D eigenvalue weighted by Crippen LogP contribution is -2.38. The lowest BCUT2D eigenvalue weighted by atomic mass is 10.0. The van der Waals surface area contributed by atoms with Gasteiger partial charge in [0, 0.05) is 5.02 Å². The molecule has 0 saturated heterocycles. The SMILES string of the molecule is CCOC(=O)[C@@](Cl)(CO)CCCCCCOc1ccc(Cl)cc1. The number of esters is 1. The molecule has 0 bridgehead atoms. The number of carbonyl (C=O) groups excluding carboxylic acids is 1. The van der Waals surface area contributed by atoms with Gasteiger partial charge in [0.1, 0.15) is 5.75 Å². The molecule has 1 aromatic rings. The summed E-state index contributed by atoms with van der Waals surface area (Å²) < 4.78 is 10.5. The first-order chi connectivity index (χ1) is 11.0. The second kappa shape index (κ2) is 10.7. The van der Waals surface area contributed by atoms with Gasteiger partial charge in [0.25, 0.3) is 0 Å². The normalized spacial score (nSPS) is 13.4. The maximum absolute atomic E-state index is 11.7. The van der Waals surface area contributed by atoms with Crippen molar-refractivity contribution in [2.75, 3.05) is 19.8 Å². The highest BCUT2D eigenvalue weighted by Gasteiger charge is 2.36. The molecule has 1 N–H and O–H groups in total. The summed E-state index contributed by atoms with van der Waals surface area (Å²) in [6.45, 7) is 2.20. The van der Waals surface area contributed by atoms with Crippen LogP contribution in [0.3, 0.4) is 0 Å². The van der Waals surface area contributed by atoms with E-state index in [4.69, 9.17) is 32.7 Å². The van der Waals surface area contributed by atoms with Crippen molar-refractivity contribution in [1.82, 2.24) is 0 Å². The van der Waals surface area contributed by atoms with Crippen molar-refractivity contribution in [2.45, 2.75) is 43.9 Å². The predicted molar refractivity (Wildman–Crippen MR) is 92.3 cm³/mol. The Balaban J connectivity index is 2.14. The minimum atomic E-state index is -1.31. The van der Waals surface area contributed by atoms with E-state index in [2.05, 4.69) is 0 Å². The van der Waals surface area contributed by atoms with Crippen LogP contribution >= 0.6 is 23.2 Å². The summed E-state index contributed by atoms with van der Waals surface area (Å²) in [7, 11) is 0. The molecule has 1 rings (SSSR count). The summed E-state index contributed by atoms with van der Waals surface area (Å²) in [4.78, 5) is 10.4. The van der Waals surface area contributed by atoms with Crippen LogP contribution in [-0.2, 0) is 9.53 Å². The summed E-state index contributed by atoms with van der Waals surface area (Å²) in [5.41, 5.74) is 0. The average Bonchev–Trinajstić information content (AvgIpc) is 2.55. The average molecular weight is 363 g/mol. The molecule has 0 aromatic heterocycles. The van der Waals surface area contributed by atoms with E-state index in [-0.39, 0.29) is 6.61 Å². The Kier molecular flexibility index (Phi) is 9.37. The molecule has 0 radical (unpaired) electrons. The lowest BCUT2D eigenvalue weighted by Gasteiger charge is -2.22. The van der Waals surface area contributed by atoms with Crippen molar-refractivity contribution >= 4 is 29.2 Å². The van der Waals surface area contributed by atoms with Crippen LogP contribution in [0, 0.1) is 0 Å². The number of carbonyl (C=O) groups is 1. The Bertz CT molecular complexity index is 464. The van der Waals surface area contributed by atoms with Crippen LogP contribution in [0.15, 0.2) is 24.3 Å². The zero-order chi connectivity index (χ0) is 17.1. The number of aliphatic hydroxyl groups excluding tert-OH is 1. The number of rotatable bonds is 11. The van der Waals surface area contributed by atoms with Crippen molar-refractivity contribution < 1.29 is 19.4 Å². The van der Waals surface area contributed by atoms with Crippen LogP contribution in [0.5, 0.6) is 5.75 Å². The number of hydrogen-bond donors (Lipinski definition) is 1. The van der Waals surface area contributed by atoms with Crippen molar-refractivity contribution in [3.8, 4) is 5.75 Å². The zero-order valence-corrected chi connectivity index (χ0v) is 14.9.